The lowest BCUT2D eigenvalue weighted by atomic mass is 9.77. The van der Waals surface area contributed by atoms with E-state index in [0.717, 1.165) is 41.7 Å². The van der Waals surface area contributed by atoms with Crippen molar-refractivity contribution in [1.29, 1.82) is 0 Å². The van der Waals surface area contributed by atoms with Crippen LogP contribution >= 0.6 is 11.6 Å². The van der Waals surface area contributed by atoms with Crippen molar-refractivity contribution in [3.63, 3.8) is 0 Å². The van der Waals surface area contributed by atoms with E-state index in [0.29, 0.717) is 19.1 Å². The molecule has 0 amide bonds. The molecule has 5 heteroatoms. The molecule has 1 fully saturated rings. The quantitative estimate of drug-likeness (QED) is 0.706. The Morgan fingerprint density at radius 2 is 1.89 bits per heavy atom. The van der Waals surface area contributed by atoms with Crippen molar-refractivity contribution in [2.24, 2.45) is 5.92 Å². The number of benzene rings is 2. The summed E-state index contributed by atoms with van der Waals surface area (Å²) in [5.41, 5.74) is 3.46. The van der Waals surface area contributed by atoms with Gasteiger partial charge in [0.25, 0.3) is 0 Å². The molecular weight excluding hydrogens is 362 g/mol. The predicted molar refractivity (Wildman–Crippen MR) is 108 cm³/mol. The molecule has 0 aliphatic carbocycles. The Morgan fingerprint density at radius 1 is 1.07 bits per heavy atom. The Hall–Kier alpha value is -1.91. The zero-order chi connectivity index (χ0) is 18.8. The molecule has 1 saturated heterocycles. The molecule has 2 aliphatic heterocycles. The Morgan fingerprint density at radius 3 is 2.70 bits per heavy atom. The highest BCUT2D eigenvalue weighted by Gasteiger charge is 2.40. The van der Waals surface area contributed by atoms with Crippen LogP contribution in [0.2, 0.25) is 5.02 Å². The van der Waals surface area contributed by atoms with Crippen LogP contribution in [0.25, 0.3) is 0 Å². The van der Waals surface area contributed by atoms with Crippen molar-refractivity contribution in [1.82, 2.24) is 0 Å². The number of nitrogens with one attached hydrogen (secondary N) is 1. The van der Waals surface area contributed by atoms with Crippen LogP contribution in [-0.4, -0.2) is 19.8 Å². The molecule has 2 aromatic rings. The maximum atomic E-state index is 6.25. The van der Waals surface area contributed by atoms with Gasteiger partial charge in [-0.05, 0) is 62.6 Å². The van der Waals surface area contributed by atoms with Crippen molar-refractivity contribution in [3.8, 4) is 11.5 Å². The van der Waals surface area contributed by atoms with E-state index < -0.39 is 0 Å². The summed E-state index contributed by atoms with van der Waals surface area (Å²) in [5, 5.41) is 4.48. The van der Waals surface area contributed by atoms with Crippen LogP contribution in [0.15, 0.2) is 36.4 Å². The number of rotatable bonds is 5. The van der Waals surface area contributed by atoms with Gasteiger partial charge in [0.2, 0.25) is 0 Å². The minimum atomic E-state index is 0.0702. The molecule has 0 spiro atoms. The van der Waals surface area contributed by atoms with Gasteiger partial charge in [0.1, 0.15) is 0 Å². The summed E-state index contributed by atoms with van der Waals surface area (Å²) in [6.45, 7) is 6.00. The smallest absolute Gasteiger partial charge is 0.161 e. The summed E-state index contributed by atoms with van der Waals surface area (Å²) in [4.78, 5) is 0. The van der Waals surface area contributed by atoms with Crippen molar-refractivity contribution < 1.29 is 14.2 Å². The molecule has 0 aromatic heterocycles. The fraction of sp³-hybridized carbons (Fsp3) is 0.455. The zero-order valence-electron chi connectivity index (χ0n) is 15.8. The van der Waals surface area contributed by atoms with Gasteiger partial charge in [-0.3, -0.25) is 0 Å². The zero-order valence-corrected chi connectivity index (χ0v) is 16.6. The van der Waals surface area contributed by atoms with E-state index >= 15 is 0 Å². The number of ether oxygens (including phenoxy) is 3. The van der Waals surface area contributed by atoms with Crippen LogP contribution in [0, 0.1) is 5.92 Å². The van der Waals surface area contributed by atoms with Gasteiger partial charge in [-0.2, -0.15) is 0 Å². The summed E-state index contributed by atoms with van der Waals surface area (Å²) in [6.07, 6.45) is 2.26. The fourth-order valence-corrected chi connectivity index (χ4v) is 4.41. The van der Waals surface area contributed by atoms with Gasteiger partial charge in [0.05, 0.1) is 25.4 Å². The highest BCUT2D eigenvalue weighted by molar-refractivity contribution is 6.30. The topological polar surface area (TPSA) is 39.7 Å². The van der Waals surface area contributed by atoms with Crippen LogP contribution in [0.3, 0.4) is 0 Å². The van der Waals surface area contributed by atoms with E-state index in [-0.39, 0.29) is 12.1 Å². The van der Waals surface area contributed by atoms with E-state index in [9.17, 15) is 0 Å². The number of halogens is 1. The van der Waals surface area contributed by atoms with Gasteiger partial charge in [0, 0.05) is 28.8 Å². The van der Waals surface area contributed by atoms with Gasteiger partial charge in [-0.15, -0.1) is 0 Å². The molecule has 3 atom stereocenters. The Balaban J connectivity index is 1.72. The van der Waals surface area contributed by atoms with Crippen LogP contribution in [0.1, 0.15) is 50.0 Å². The van der Waals surface area contributed by atoms with Gasteiger partial charge in [-0.25, -0.2) is 0 Å². The first-order valence-electron chi connectivity index (χ1n) is 9.78. The lowest BCUT2D eigenvalue weighted by molar-refractivity contribution is -0.0381. The Kier molecular flexibility index (Phi) is 5.46. The third-order valence-electron chi connectivity index (χ3n) is 5.35. The standard InChI is InChI=1S/C22H26ClNO3/c1-3-25-19-10-7-14(12-20(19)26-4-2)21-16-6-5-11-27-22(16)17-13-15(23)8-9-18(17)24-21/h7-10,12-13,16,21-22,24H,3-6,11H2,1-2H3/t16-,21+,22-/m0/s1. The minimum absolute atomic E-state index is 0.0702. The van der Waals surface area contributed by atoms with Crippen molar-refractivity contribution in [3.05, 3.63) is 52.5 Å². The van der Waals surface area contributed by atoms with E-state index in [2.05, 4.69) is 23.5 Å². The second kappa shape index (κ2) is 7.99. The minimum Gasteiger partial charge on any atom is -0.490 e. The predicted octanol–water partition coefficient (Wildman–Crippen LogP) is 5.77. The first-order chi connectivity index (χ1) is 13.2. The molecule has 4 rings (SSSR count). The van der Waals surface area contributed by atoms with Gasteiger partial charge < -0.3 is 19.5 Å². The molecule has 4 nitrogen and oxygen atoms in total. The number of fused-ring (bicyclic) bond motifs is 3. The second-order valence-electron chi connectivity index (χ2n) is 7.02. The summed E-state index contributed by atoms with van der Waals surface area (Å²) in [7, 11) is 0. The SMILES string of the molecule is CCOc1ccc([C@H]2Nc3ccc(Cl)cc3[C@H]3OCCC[C@@H]23)cc1OCC. The highest BCUT2D eigenvalue weighted by Crippen LogP contribution is 2.50. The summed E-state index contributed by atoms with van der Waals surface area (Å²) >= 11 is 6.25. The molecule has 0 radical (unpaired) electrons. The van der Waals surface area contributed by atoms with Crippen molar-refractivity contribution >= 4 is 17.3 Å². The van der Waals surface area contributed by atoms with Crippen LogP contribution in [0.4, 0.5) is 5.69 Å². The third kappa shape index (κ3) is 3.61. The summed E-state index contributed by atoms with van der Waals surface area (Å²) in [5.74, 6) is 1.95. The Labute approximate surface area is 165 Å². The number of hydrogen-bond donors (Lipinski definition) is 1. The average Bonchev–Trinajstić information content (AvgIpc) is 2.69. The van der Waals surface area contributed by atoms with Crippen molar-refractivity contribution in [2.45, 2.75) is 38.8 Å². The summed E-state index contributed by atoms with van der Waals surface area (Å²) < 4.78 is 17.8. The van der Waals surface area contributed by atoms with Crippen LogP contribution in [-0.2, 0) is 4.74 Å². The van der Waals surface area contributed by atoms with E-state index in [1.165, 1.54) is 11.1 Å². The lowest BCUT2D eigenvalue weighted by Crippen LogP contribution is -2.36. The molecule has 144 valence electrons. The molecule has 0 saturated carbocycles. The Bertz CT molecular complexity index is 810. The van der Waals surface area contributed by atoms with Crippen molar-refractivity contribution in [2.75, 3.05) is 25.1 Å². The van der Waals surface area contributed by atoms with E-state index in [1.807, 2.05) is 32.0 Å². The first-order valence-corrected chi connectivity index (χ1v) is 10.2. The normalized spacial score (nSPS) is 23.7. The molecule has 27 heavy (non-hydrogen) atoms. The number of anilines is 1. The van der Waals surface area contributed by atoms with Crippen LogP contribution < -0.4 is 14.8 Å². The molecule has 2 aromatic carbocycles. The molecule has 0 unspecified atom stereocenters. The van der Waals surface area contributed by atoms with Gasteiger partial charge >= 0.3 is 0 Å². The third-order valence-corrected chi connectivity index (χ3v) is 5.59. The number of hydrogen-bond acceptors (Lipinski definition) is 4. The van der Waals surface area contributed by atoms with E-state index in [1.54, 1.807) is 0 Å². The highest BCUT2D eigenvalue weighted by atomic mass is 35.5. The molecule has 0 bridgehead atoms. The van der Waals surface area contributed by atoms with Crippen LogP contribution in [0.5, 0.6) is 11.5 Å². The largest absolute Gasteiger partial charge is 0.490 e. The maximum absolute atomic E-state index is 6.25. The van der Waals surface area contributed by atoms with Gasteiger partial charge in [0.15, 0.2) is 11.5 Å². The molecule has 1 N–H and O–H groups in total. The maximum Gasteiger partial charge on any atom is 0.161 e. The summed E-state index contributed by atoms with van der Waals surface area (Å²) in [6, 6.07) is 12.4. The molecular formula is C22H26ClNO3. The monoisotopic (exact) mass is 387 g/mol. The molecule has 2 heterocycles. The molecule has 2 aliphatic rings. The lowest BCUT2D eigenvalue weighted by Gasteiger charge is -2.43. The van der Waals surface area contributed by atoms with Gasteiger partial charge in [-0.1, -0.05) is 17.7 Å². The average molecular weight is 388 g/mol. The second-order valence-corrected chi connectivity index (χ2v) is 7.46. The first kappa shape index (κ1) is 18.5. The van der Waals surface area contributed by atoms with E-state index in [4.69, 9.17) is 25.8 Å². The fourth-order valence-electron chi connectivity index (χ4n) is 4.23.